The van der Waals surface area contributed by atoms with E-state index in [2.05, 4.69) is 19.7 Å². The van der Waals surface area contributed by atoms with Crippen molar-refractivity contribution in [3.63, 3.8) is 0 Å². The zero-order chi connectivity index (χ0) is 12.7. The zero-order valence-electron chi connectivity index (χ0n) is 10.6. The molecule has 16 heavy (non-hydrogen) atoms. The maximum Gasteiger partial charge on any atom is 0.285 e. The van der Waals surface area contributed by atoms with Crippen LogP contribution in [0, 0.1) is 5.41 Å². The van der Waals surface area contributed by atoms with Gasteiger partial charge in [-0.25, -0.2) is 0 Å². The largest absolute Gasteiger partial charge is 0.461 e. The lowest BCUT2D eigenvalue weighted by Crippen LogP contribution is -2.35. The van der Waals surface area contributed by atoms with E-state index in [1.165, 1.54) is 0 Å². The summed E-state index contributed by atoms with van der Waals surface area (Å²) in [5.74, 6) is 0. The fourth-order valence-corrected chi connectivity index (χ4v) is 1.13. The van der Waals surface area contributed by atoms with Gasteiger partial charge in [-0.2, -0.15) is 0 Å². The third kappa shape index (κ3) is 6.87. The number of hydrogen-bond donors (Lipinski definition) is 1. The van der Waals surface area contributed by atoms with Crippen molar-refractivity contribution in [1.82, 2.24) is 4.90 Å². The average Bonchev–Trinajstić information content (AvgIpc) is 2.11. The molecule has 0 aromatic carbocycles. The van der Waals surface area contributed by atoms with Crippen molar-refractivity contribution < 1.29 is 4.74 Å². The van der Waals surface area contributed by atoms with E-state index < -0.39 is 0 Å². The highest BCUT2D eigenvalue weighted by Crippen LogP contribution is 2.03. The molecule has 0 spiro atoms. The van der Waals surface area contributed by atoms with Crippen LogP contribution in [-0.2, 0) is 4.74 Å². The third-order valence-electron chi connectivity index (χ3n) is 1.66. The Hall–Kier alpha value is -1.51. The van der Waals surface area contributed by atoms with Gasteiger partial charge in [-0.1, -0.05) is 30.9 Å². The molecule has 0 amide bonds. The summed E-state index contributed by atoms with van der Waals surface area (Å²) < 4.78 is 5.29. The van der Waals surface area contributed by atoms with E-state index in [-0.39, 0.29) is 6.02 Å². The molecule has 3 nitrogen and oxygen atoms in total. The first kappa shape index (κ1) is 14.5. The van der Waals surface area contributed by atoms with Gasteiger partial charge in [0.15, 0.2) is 0 Å². The molecule has 0 radical (unpaired) electrons. The molecule has 3 heteroatoms. The van der Waals surface area contributed by atoms with Gasteiger partial charge >= 0.3 is 0 Å². The van der Waals surface area contributed by atoms with Gasteiger partial charge in [0.05, 0.1) is 0 Å². The molecule has 0 atom stereocenters. The first-order chi connectivity index (χ1) is 7.32. The van der Waals surface area contributed by atoms with Crippen molar-refractivity contribution in [1.29, 1.82) is 5.41 Å². The van der Waals surface area contributed by atoms with Crippen LogP contribution in [0.5, 0.6) is 0 Å². The van der Waals surface area contributed by atoms with E-state index in [1.807, 2.05) is 20.8 Å². The molecule has 0 fully saturated rings. The summed E-state index contributed by atoms with van der Waals surface area (Å²) in [5.41, 5.74) is 2.88. The van der Waals surface area contributed by atoms with Crippen LogP contribution in [0.15, 0.2) is 36.5 Å². The second kappa shape index (κ2) is 6.88. The molecular formula is C13H22N2O. The molecule has 0 aliphatic carbocycles. The molecule has 0 aromatic rings. The number of ether oxygens (including phenoxy) is 1. The van der Waals surface area contributed by atoms with E-state index >= 15 is 0 Å². The van der Waals surface area contributed by atoms with Crippen LogP contribution in [0.4, 0.5) is 0 Å². The molecular weight excluding hydrogens is 200 g/mol. The number of hydrogen-bond acceptors (Lipinski definition) is 2. The topological polar surface area (TPSA) is 36.3 Å². The van der Waals surface area contributed by atoms with E-state index in [9.17, 15) is 0 Å². The highest BCUT2D eigenvalue weighted by molar-refractivity contribution is 5.71. The van der Waals surface area contributed by atoms with Crippen molar-refractivity contribution in [2.45, 2.75) is 20.8 Å². The van der Waals surface area contributed by atoms with Crippen LogP contribution in [0.1, 0.15) is 20.8 Å². The molecule has 0 heterocycles. The Morgan fingerprint density at radius 3 is 1.75 bits per heavy atom. The van der Waals surface area contributed by atoms with Crippen molar-refractivity contribution in [2.75, 3.05) is 19.7 Å². The SMILES string of the molecule is C=C(C)COC(=N)N(CC(=C)C)CC(=C)C. The van der Waals surface area contributed by atoms with Gasteiger partial charge in [0.2, 0.25) is 0 Å². The third-order valence-corrected chi connectivity index (χ3v) is 1.66. The molecule has 0 aromatic heterocycles. The minimum Gasteiger partial charge on any atom is -0.461 e. The van der Waals surface area contributed by atoms with Crippen molar-refractivity contribution in [3.05, 3.63) is 36.5 Å². The van der Waals surface area contributed by atoms with Crippen molar-refractivity contribution in [3.8, 4) is 0 Å². The number of nitrogens with one attached hydrogen (secondary N) is 1. The van der Waals surface area contributed by atoms with Gasteiger partial charge in [0.25, 0.3) is 6.02 Å². The molecule has 0 bridgehead atoms. The molecule has 0 unspecified atom stereocenters. The number of amidine groups is 1. The van der Waals surface area contributed by atoms with Crippen LogP contribution < -0.4 is 0 Å². The van der Waals surface area contributed by atoms with Gasteiger partial charge in [0, 0.05) is 13.1 Å². The smallest absolute Gasteiger partial charge is 0.285 e. The number of nitrogens with zero attached hydrogens (tertiary/aromatic N) is 1. The van der Waals surface area contributed by atoms with Gasteiger partial charge in [-0.15, -0.1) is 0 Å². The summed E-state index contributed by atoms with van der Waals surface area (Å²) in [6.45, 7) is 18.7. The summed E-state index contributed by atoms with van der Waals surface area (Å²) in [4.78, 5) is 1.80. The summed E-state index contributed by atoms with van der Waals surface area (Å²) in [7, 11) is 0. The minimum absolute atomic E-state index is 0.147. The van der Waals surface area contributed by atoms with Crippen LogP contribution in [-0.4, -0.2) is 30.6 Å². The molecule has 0 aliphatic heterocycles. The highest BCUT2D eigenvalue weighted by Gasteiger charge is 2.11. The Bertz CT molecular complexity index is 289. The maximum atomic E-state index is 7.81. The second-order valence-corrected chi connectivity index (χ2v) is 4.32. The molecule has 0 aliphatic rings. The summed E-state index contributed by atoms with van der Waals surface area (Å²) in [6, 6.07) is 0.147. The van der Waals surface area contributed by atoms with Crippen LogP contribution in [0.3, 0.4) is 0 Å². The Labute approximate surface area is 98.6 Å². The highest BCUT2D eigenvalue weighted by atomic mass is 16.5. The lowest BCUT2D eigenvalue weighted by Gasteiger charge is -2.24. The lowest BCUT2D eigenvalue weighted by atomic mass is 10.3. The molecule has 1 N–H and O–H groups in total. The molecule has 0 saturated heterocycles. The van der Waals surface area contributed by atoms with Crippen LogP contribution in [0.25, 0.3) is 0 Å². The van der Waals surface area contributed by atoms with E-state index in [4.69, 9.17) is 10.1 Å². The van der Waals surface area contributed by atoms with Crippen molar-refractivity contribution in [2.24, 2.45) is 0 Å². The van der Waals surface area contributed by atoms with Gasteiger partial charge in [-0.3, -0.25) is 5.41 Å². The Morgan fingerprint density at radius 1 is 1.00 bits per heavy atom. The van der Waals surface area contributed by atoms with E-state index in [0.717, 1.165) is 16.7 Å². The van der Waals surface area contributed by atoms with Crippen molar-refractivity contribution >= 4 is 6.02 Å². The predicted molar refractivity (Wildman–Crippen MR) is 69.7 cm³/mol. The zero-order valence-corrected chi connectivity index (χ0v) is 10.6. The molecule has 0 rings (SSSR count). The van der Waals surface area contributed by atoms with Gasteiger partial charge < -0.3 is 9.64 Å². The van der Waals surface area contributed by atoms with Crippen LogP contribution >= 0.6 is 0 Å². The van der Waals surface area contributed by atoms with Crippen LogP contribution in [0.2, 0.25) is 0 Å². The Morgan fingerprint density at radius 2 is 1.44 bits per heavy atom. The summed E-state index contributed by atoms with van der Waals surface area (Å²) in [5, 5.41) is 7.81. The Balaban J connectivity index is 4.36. The lowest BCUT2D eigenvalue weighted by molar-refractivity contribution is 0.261. The first-order valence-corrected chi connectivity index (χ1v) is 5.22. The predicted octanol–water partition coefficient (Wildman–Crippen LogP) is 2.97. The first-order valence-electron chi connectivity index (χ1n) is 5.22. The monoisotopic (exact) mass is 222 g/mol. The van der Waals surface area contributed by atoms with Gasteiger partial charge in [-0.05, 0) is 26.3 Å². The quantitative estimate of drug-likeness (QED) is 0.426. The molecule has 90 valence electrons. The average molecular weight is 222 g/mol. The van der Waals surface area contributed by atoms with Gasteiger partial charge in [0.1, 0.15) is 6.61 Å². The van der Waals surface area contributed by atoms with E-state index in [1.54, 1.807) is 4.90 Å². The summed E-state index contributed by atoms with van der Waals surface area (Å²) >= 11 is 0. The fraction of sp³-hybridized carbons (Fsp3) is 0.462. The maximum absolute atomic E-state index is 7.81. The van der Waals surface area contributed by atoms with E-state index in [0.29, 0.717) is 19.7 Å². The number of rotatable bonds is 6. The molecule has 0 saturated carbocycles. The summed E-state index contributed by atoms with van der Waals surface area (Å²) in [6.07, 6.45) is 0. The fourth-order valence-electron chi connectivity index (χ4n) is 1.13. The minimum atomic E-state index is 0.147. The standard InChI is InChI=1S/C13H22N2O/c1-10(2)7-15(8-11(3)4)13(14)16-9-12(5)6/h14H,1,3,5,7-9H2,2,4,6H3. The Kier molecular flexibility index (Phi) is 6.23. The second-order valence-electron chi connectivity index (χ2n) is 4.32. The normalized spacial score (nSPS) is 9.44.